The maximum absolute atomic E-state index is 13.9. The lowest BCUT2D eigenvalue weighted by atomic mass is 9.78. The molecule has 42 heavy (non-hydrogen) atoms. The Morgan fingerprint density at radius 2 is 1.57 bits per heavy atom. The molecule has 0 radical (unpaired) electrons. The maximum atomic E-state index is 13.9. The monoisotopic (exact) mass is 596 g/mol. The van der Waals surface area contributed by atoms with Crippen molar-refractivity contribution >= 4 is 11.8 Å². The number of benzene rings is 2. The minimum Gasteiger partial charge on any atom is -0.339 e. The van der Waals surface area contributed by atoms with Crippen LogP contribution in [0, 0.1) is 18.7 Å². The molecular weight excluding hydrogens is 569 g/mol. The molecule has 224 valence electrons. The highest BCUT2D eigenvalue weighted by Gasteiger charge is 2.41. The van der Waals surface area contributed by atoms with Gasteiger partial charge in [0.1, 0.15) is 12.1 Å². The minimum atomic E-state index is -5.04. The van der Waals surface area contributed by atoms with Crippen molar-refractivity contribution in [1.29, 1.82) is 0 Å². The van der Waals surface area contributed by atoms with Crippen LogP contribution in [0.15, 0.2) is 55.1 Å². The Morgan fingerprint density at radius 3 is 2.12 bits per heavy atom. The van der Waals surface area contributed by atoms with E-state index in [1.54, 1.807) is 6.92 Å². The van der Waals surface area contributed by atoms with E-state index in [4.69, 9.17) is 0 Å². The van der Waals surface area contributed by atoms with Crippen molar-refractivity contribution in [3.8, 4) is 0 Å². The predicted octanol–water partition coefficient (Wildman–Crippen LogP) is 6.43. The van der Waals surface area contributed by atoms with Crippen LogP contribution >= 0.6 is 0 Å². The second-order valence-electron chi connectivity index (χ2n) is 10.3. The fourth-order valence-corrected chi connectivity index (χ4v) is 5.29. The predicted molar refractivity (Wildman–Crippen MR) is 138 cm³/mol. The minimum absolute atomic E-state index is 0.0376. The van der Waals surface area contributed by atoms with Crippen LogP contribution in [-0.4, -0.2) is 51.7 Å². The number of halogens is 7. The summed E-state index contributed by atoms with van der Waals surface area (Å²) in [6, 6.07) is 4.12. The Kier molecular flexibility index (Phi) is 8.60. The number of amides is 2. The summed E-state index contributed by atoms with van der Waals surface area (Å²) >= 11 is 0. The first-order valence-corrected chi connectivity index (χ1v) is 12.9. The number of likely N-dealkylation sites (tertiary alicyclic amines) is 1. The van der Waals surface area contributed by atoms with Crippen molar-refractivity contribution in [2.45, 2.75) is 44.6 Å². The normalized spacial score (nSPS) is 18.5. The lowest BCUT2D eigenvalue weighted by molar-refractivity contribution is -0.143. The summed E-state index contributed by atoms with van der Waals surface area (Å²) in [6.45, 7) is 3.20. The van der Waals surface area contributed by atoms with Gasteiger partial charge in [-0.15, -0.1) is 0 Å². The van der Waals surface area contributed by atoms with Crippen molar-refractivity contribution in [2.24, 2.45) is 5.92 Å². The number of aromatic nitrogens is 2. The number of aryl methyl sites for hydroxylation is 1. The van der Waals surface area contributed by atoms with E-state index in [9.17, 15) is 40.3 Å². The van der Waals surface area contributed by atoms with E-state index < -0.39 is 53.1 Å². The summed E-state index contributed by atoms with van der Waals surface area (Å²) in [5.74, 6) is -2.85. The van der Waals surface area contributed by atoms with Crippen molar-refractivity contribution in [1.82, 2.24) is 19.8 Å². The molecule has 1 saturated heterocycles. The molecule has 2 aromatic carbocycles. The van der Waals surface area contributed by atoms with Crippen LogP contribution in [0.3, 0.4) is 0 Å². The fraction of sp³-hybridized carbons (Fsp3) is 0.379. The topological polar surface area (TPSA) is 66.4 Å². The van der Waals surface area contributed by atoms with Gasteiger partial charge in [0.25, 0.3) is 5.91 Å². The third kappa shape index (κ3) is 6.55. The van der Waals surface area contributed by atoms with Crippen LogP contribution in [-0.2, 0) is 17.1 Å². The number of rotatable bonds is 5. The molecule has 0 unspecified atom stereocenters. The van der Waals surface area contributed by atoms with Crippen LogP contribution in [0.1, 0.15) is 63.5 Å². The van der Waals surface area contributed by atoms with Gasteiger partial charge in [-0.2, -0.15) is 26.3 Å². The number of carbonyl (C=O) groups excluding carboxylic acids is 2. The molecule has 1 aliphatic heterocycles. The van der Waals surface area contributed by atoms with Gasteiger partial charge in [-0.05, 0) is 67.3 Å². The number of piperidine rings is 1. The number of nitrogens with zero attached hydrogens (tertiary/aromatic N) is 4. The average Bonchev–Trinajstić information content (AvgIpc) is 2.94. The first-order valence-electron chi connectivity index (χ1n) is 12.9. The van der Waals surface area contributed by atoms with Gasteiger partial charge in [-0.3, -0.25) is 9.59 Å². The van der Waals surface area contributed by atoms with Gasteiger partial charge in [-0.1, -0.05) is 6.07 Å². The molecule has 0 saturated carbocycles. The second kappa shape index (κ2) is 11.7. The summed E-state index contributed by atoms with van der Waals surface area (Å²) in [6.07, 6.45) is -5.95. The molecule has 0 N–H and O–H groups in total. The second-order valence-corrected chi connectivity index (χ2v) is 10.3. The fourth-order valence-electron chi connectivity index (χ4n) is 5.29. The van der Waals surface area contributed by atoms with Gasteiger partial charge < -0.3 is 9.80 Å². The Hall–Kier alpha value is -4.03. The number of hydrogen-bond acceptors (Lipinski definition) is 4. The summed E-state index contributed by atoms with van der Waals surface area (Å²) in [4.78, 5) is 37.4. The van der Waals surface area contributed by atoms with E-state index in [0.29, 0.717) is 23.3 Å². The largest absolute Gasteiger partial charge is 0.416 e. The number of alkyl halides is 6. The van der Waals surface area contributed by atoms with E-state index >= 15 is 0 Å². The summed E-state index contributed by atoms with van der Waals surface area (Å²) in [5.41, 5.74) is -1.94. The Balaban J connectivity index is 1.67. The Bertz CT molecular complexity index is 1430. The van der Waals surface area contributed by atoms with Crippen LogP contribution in [0.25, 0.3) is 0 Å². The van der Waals surface area contributed by atoms with Crippen molar-refractivity contribution in [3.63, 3.8) is 0 Å². The SMILES string of the molecule is Cc1cc(F)ccc1[C@H]1CN(C(=O)c2cncnc2)CC[C@@H]1C(=O)N(C)[C@@H](C)c1cc(C(F)(F)F)cc(C(F)(F)F)c1. The summed E-state index contributed by atoms with van der Waals surface area (Å²) in [5, 5.41) is 0. The molecule has 3 atom stereocenters. The molecule has 3 aromatic rings. The third-order valence-electron chi connectivity index (χ3n) is 7.68. The zero-order valence-electron chi connectivity index (χ0n) is 22.8. The molecule has 1 aromatic heterocycles. The van der Waals surface area contributed by atoms with Gasteiger partial charge in [0, 0.05) is 44.4 Å². The quantitative estimate of drug-likeness (QED) is 0.319. The third-order valence-corrected chi connectivity index (χ3v) is 7.68. The molecule has 0 bridgehead atoms. The Morgan fingerprint density at radius 1 is 0.976 bits per heavy atom. The summed E-state index contributed by atoms with van der Waals surface area (Å²) < 4.78 is 94.7. The van der Waals surface area contributed by atoms with E-state index in [0.717, 1.165) is 4.90 Å². The highest BCUT2D eigenvalue weighted by Crippen LogP contribution is 2.40. The van der Waals surface area contributed by atoms with Gasteiger partial charge in [0.15, 0.2) is 0 Å². The highest BCUT2D eigenvalue weighted by molar-refractivity contribution is 5.94. The standard InChI is InChI=1S/C29H27F7N4O2/c1-16-8-22(30)4-5-23(16)25-14-40(26(41)19-12-37-15-38-13-19)7-6-24(25)27(42)39(3)17(2)18-9-20(28(31,32)33)11-21(10-18)29(34,35)36/h4-5,8-13,15,17,24-25H,6-7,14H2,1-3H3/t17-,24-,25+/m0/s1. The smallest absolute Gasteiger partial charge is 0.339 e. The van der Waals surface area contributed by atoms with Crippen LogP contribution in [0.4, 0.5) is 30.7 Å². The lowest BCUT2D eigenvalue weighted by Gasteiger charge is -2.41. The first kappa shape index (κ1) is 30.9. The first-order chi connectivity index (χ1) is 19.6. The molecular formula is C29H27F7N4O2. The van der Waals surface area contributed by atoms with E-state index in [2.05, 4.69) is 9.97 Å². The molecule has 13 heteroatoms. The van der Waals surface area contributed by atoms with Crippen molar-refractivity contribution in [3.05, 3.63) is 94.3 Å². The van der Waals surface area contributed by atoms with Gasteiger partial charge in [0.05, 0.1) is 22.7 Å². The van der Waals surface area contributed by atoms with Crippen LogP contribution < -0.4 is 0 Å². The number of hydrogen-bond donors (Lipinski definition) is 0. The van der Waals surface area contributed by atoms with E-state index in [1.807, 2.05) is 0 Å². The number of carbonyl (C=O) groups is 2. The molecule has 2 amide bonds. The van der Waals surface area contributed by atoms with E-state index in [-0.39, 0.29) is 42.6 Å². The van der Waals surface area contributed by atoms with Gasteiger partial charge in [0.2, 0.25) is 5.91 Å². The van der Waals surface area contributed by atoms with Gasteiger partial charge in [-0.25, -0.2) is 14.4 Å². The zero-order chi connectivity index (χ0) is 31.0. The Labute approximate surface area is 237 Å². The van der Waals surface area contributed by atoms with Gasteiger partial charge >= 0.3 is 12.4 Å². The molecule has 6 nitrogen and oxygen atoms in total. The molecule has 1 fully saturated rings. The molecule has 0 spiro atoms. The summed E-state index contributed by atoms with van der Waals surface area (Å²) in [7, 11) is 1.31. The highest BCUT2D eigenvalue weighted by atomic mass is 19.4. The lowest BCUT2D eigenvalue weighted by Crippen LogP contribution is -2.48. The molecule has 4 rings (SSSR count). The average molecular weight is 597 g/mol. The molecule has 0 aliphatic carbocycles. The maximum Gasteiger partial charge on any atom is 0.416 e. The molecule has 2 heterocycles. The van der Waals surface area contributed by atoms with E-state index in [1.165, 1.54) is 55.8 Å². The molecule has 1 aliphatic rings. The van der Waals surface area contributed by atoms with Crippen LogP contribution in [0.2, 0.25) is 0 Å². The van der Waals surface area contributed by atoms with Crippen LogP contribution in [0.5, 0.6) is 0 Å². The zero-order valence-corrected chi connectivity index (χ0v) is 22.8. The van der Waals surface area contributed by atoms with Crippen molar-refractivity contribution in [2.75, 3.05) is 20.1 Å². The van der Waals surface area contributed by atoms with Crippen molar-refractivity contribution < 1.29 is 40.3 Å².